The van der Waals surface area contributed by atoms with Gasteiger partial charge in [0.25, 0.3) is 0 Å². The molecule has 5 heteroatoms. The van der Waals surface area contributed by atoms with E-state index in [4.69, 9.17) is 5.11 Å². The summed E-state index contributed by atoms with van der Waals surface area (Å²) >= 11 is 1.78. The van der Waals surface area contributed by atoms with E-state index in [1.165, 1.54) is 6.20 Å². The van der Waals surface area contributed by atoms with Gasteiger partial charge >= 0.3 is 5.97 Å². The minimum absolute atomic E-state index is 0.217. The Bertz CT molecular complexity index is 354. The van der Waals surface area contributed by atoms with Gasteiger partial charge in [0.1, 0.15) is 5.82 Å². The van der Waals surface area contributed by atoms with Gasteiger partial charge in [0.15, 0.2) is 0 Å². The molecule has 0 spiro atoms. The van der Waals surface area contributed by atoms with Crippen molar-refractivity contribution >= 4 is 23.5 Å². The van der Waals surface area contributed by atoms with Crippen molar-refractivity contribution in [2.45, 2.75) is 13.0 Å². The highest BCUT2D eigenvalue weighted by Gasteiger charge is 2.11. The lowest BCUT2D eigenvalue weighted by Gasteiger charge is -2.25. The monoisotopic (exact) mass is 240 g/mol. The Balaban J connectivity index is 2.77. The largest absolute Gasteiger partial charge is 0.478 e. The first kappa shape index (κ1) is 12.8. The van der Waals surface area contributed by atoms with E-state index < -0.39 is 5.97 Å². The van der Waals surface area contributed by atoms with E-state index >= 15 is 0 Å². The number of thioether (sulfide) groups is 1. The highest BCUT2D eigenvalue weighted by atomic mass is 32.2. The van der Waals surface area contributed by atoms with Crippen LogP contribution in [0.5, 0.6) is 0 Å². The molecule has 1 unspecified atom stereocenters. The molecule has 1 aromatic rings. The molecule has 0 saturated carbocycles. The number of aromatic nitrogens is 1. The Morgan fingerprint density at radius 2 is 2.31 bits per heavy atom. The molecule has 88 valence electrons. The van der Waals surface area contributed by atoms with Crippen molar-refractivity contribution in [3.05, 3.63) is 23.9 Å². The molecule has 0 fully saturated rings. The van der Waals surface area contributed by atoms with Gasteiger partial charge < -0.3 is 10.0 Å². The molecule has 0 aliphatic carbocycles. The van der Waals surface area contributed by atoms with E-state index in [9.17, 15) is 4.79 Å². The summed E-state index contributed by atoms with van der Waals surface area (Å²) in [6.07, 6.45) is 3.45. The van der Waals surface area contributed by atoms with Crippen LogP contribution in [0.15, 0.2) is 18.3 Å². The zero-order valence-electron chi connectivity index (χ0n) is 9.67. The minimum atomic E-state index is -0.945. The SMILES string of the molecule is CSCC(C)N(C)c1ccc(C(=O)O)cn1. The third-order valence-corrected chi connectivity index (χ3v) is 3.24. The molecule has 0 amide bonds. The smallest absolute Gasteiger partial charge is 0.337 e. The molecule has 1 rings (SSSR count). The Labute approximate surface area is 99.7 Å². The lowest BCUT2D eigenvalue weighted by Crippen LogP contribution is -2.31. The number of pyridine rings is 1. The molecule has 0 saturated heterocycles. The molecular weight excluding hydrogens is 224 g/mol. The summed E-state index contributed by atoms with van der Waals surface area (Å²) in [5.41, 5.74) is 0.217. The van der Waals surface area contributed by atoms with Crippen LogP contribution in [0.2, 0.25) is 0 Å². The van der Waals surface area contributed by atoms with Gasteiger partial charge in [-0.25, -0.2) is 9.78 Å². The van der Waals surface area contributed by atoms with E-state index in [2.05, 4.69) is 18.2 Å². The number of rotatable bonds is 5. The summed E-state index contributed by atoms with van der Waals surface area (Å²) in [5.74, 6) is 0.865. The second-order valence-electron chi connectivity index (χ2n) is 3.63. The minimum Gasteiger partial charge on any atom is -0.478 e. The predicted molar refractivity (Wildman–Crippen MR) is 67.4 cm³/mol. The molecule has 0 radical (unpaired) electrons. The van der Waals surface area contributed by atoms with Crippen LogP contribution in [0.1, 0.15) is 17.3 Å². The Morgan fingerprint density at radius 1 is 1.62 bits per heavy atom. The zero-order chi connectivity index (χ0) is 12.1. The van der Waals surface area contributed by atoms with E-state index in [1.807, 2.05) is 11.9 Å². The van der Waals surface area contributed by atoms with E-state index in [0.29, 0.717) is 6.04 Å². The van der Waals surface area contributed by atoms with Crippen molar-refractivity contribution < 1.29 is 9.90 Å². The molecular formula is C11H16N2O2S. The van der Waals surface area contributed by atoms with Crippen molar-refractivity contribution in [2.75, 3.05) is 24.0 Å². The van der Waals surface area contributed by atoms with Gasteiger partial charge in [0, 0.05) is 25.0 Å². The number of anilines is 1. The second-order valence-corrected chi connectivity index (χ2v) is 4.54. The van der Waals surface area contributed by atoms with Gasteiger partial charge in [0.05, 0.1) is 5.56 Å². The van der Waals surface area contributed by atoms with E-state index in [-0.39, 0.29) is 5.56 Å². The Kier molecular flexibility index (Phi) is 4.61. The Morgan fingerprint density at radius 3 is 2.75 bits per heavy atom. The lowest BCUT2D eigenvalue weighted by atomic mass is 10.2. The quantitative estimate of drug-likeness (QED) is 0.852. The number of hydrogen-bond acceptors (Lipinski definition) is 4. The van der Waals surface area contributed by atoms with Gasteiger partial charge in [-0.2, -0.15) is 11.8 Å². The number of hydrogen-bond donors (Lipinski definition) is 1. The summed E-state index contributed by atoms with van der Waals surface area (Å²) in [7, 11) is 1.96. The summed E-state index contributed by atoms with van der Waals surface area (Å²) < 4.78 is 0. The van der Waals surface area contributed by atoms with Crippen LogP contribution < -0.4 is 4.90 Å². The molecule has 4 nitrogen and oxygen atoms in total. The van der Waals surface area contributed by atoms with Crippen molar-refractivity contribution in [3.8, 4) is 0 Å². The summed E-state index contributed by atoms with van der Waals surface area (Å²) in [5, 5.41) is 8.75. The first-order valence-electron chi connectivity index (χ1n) is 4.97. The van der Waals surface area contributed by atoms with Crippen LogP contribution in [0.25, 0.3) is 0 Å². The zero-order valence-corrected chi connectivity index (χ0v) is 10.5. The van der Waals surface area contributed by atoms with Crippen LogP contribution in [0.4, 0.5) is 5.82 Å². The Hall–Kier alpha value is -1.23. The number of carboxylic acids is 1. The fraction of sp³-hybridized carbons (Fsp3) is 0.455. The van der Waals surface area contributed by atoms with Crippen LogP contribution in [-0.4, -0.2) is 41.2 Å². The third-order valence-electron chi connectivity index (χ3n) is 2.43. The van der Waals surface area contributed by atoms with Crippen molar-refractivity contribution in [1.29, 1.82) is 0 Å². The predicted octanol–water partition coefficient (Wildman–Crippen LogP) is 1.97. The van der Waals surface area contributed by atoms with Gasteiger partial charge in [-0.1, -0.05) is 0 Å². The average molecular weight is 240 g/mol. The van der Waals surface area contributed by atoms with Gasteiger partial charge in [0.2, 0.25) is 0 Å². The molecule has 0 bridgehead atoms. The standard InChI is InChI=1S/C11H16N2O2S/c1-8(7-16-3)13(2)10-5-4-9(6-12-10)11(14)15/h4-6,8H,7H2,1-3H3,(H,14,15). The van der Waals surface area contributed by atoms with E-state index in [1.54, 1.807) is 23.9 Å². The molecule has 16 heavy (non-hydrogen) atoms. The molecule has 0 aliphatic rings. The van der Waals surface area contributed by atoms with Crippen LogP contribution in [0, 0.1) is 0 Å². The lowest BCUT2D eigenvalue weighted by molar-refractivity contribution is 0.0696. The molecule has 0 aliphatic heterocycles. The van der Waals surface area contributed by atoms with Gasteiger partial charge in [-0.3, -0.25) is 0 Å². The fourth-order valence-electron chi connectivity index (χ4n) is 1.30. The van der Waals surface area contributed by atoms with Crippen LogP contribution in [-0.2, 0) is 0 Å². The maximum atomic E-state index is 10.7. The average Bonchev–Trinajstić information content (AvgIpc) is 2.28. The maximum Gasteiger partial charge on any atom is 0.337 e. The first-order chi connectivity index (χ1) is 7.56. The maximum absolute atomic E-state index is 10.7. The number of carbonyl (C=O) groups is 1. The van der Waals surface area contributed by atoms with E-state index in [0.717, 1.165) is 11.6 Å². The third kappa shape index (κ3) is 3.13. The molecule has 1 N–H and O–H groups in total. The van der Waals surface area contributed by atoms with Gasteiger partial charge in [-0.15, -0.1) is 0 Å². The second kappa shape index (κ2) is 5.75. The highest BCUT2D eigenvalue weighted by molar-refractivity contribution is 7.98. The summed E-state index contributed by atoms with van der Waals surface area (Å²) in [6, 6.07) is 3.69. The topological polar surface area (TPSA) is 53.4 Å². The summed E-state index contributed by atoms with van der Waals surface area (Å²) in [4.78, 5) is 16.8. The van der Waals surface area contributed by atoms with Crippen molar-refractivity contribution in [1.82, 2.24) is 4.98 Å². The van der Waals surface area contributed by atoms with Gasteiger partial charge in [-0.05, 0) is 25.3 Å². The van der Waals surface area contributed by atoms with Crippen molar-refractivity contribution in [2.24, 2.45) is 0 Å². The first-order valence-corrected chi connectivity index (χ1v) is 6.36. The molecule has 1 aromatic heterocycles. The number of nitrogens with zero attached hydrogens (tertiary/aromatic N) is 2. The molecule has 0 aromatic carbocycles. The van der Waals surface area contributed by atoms with Crippen LogP contribution >= 0.6 is 11.8 Å². The molecule has 1 atom stereocenters. The van der Waals surface area contributed by atoms with Crippen molar-refractivity contribution in [3.63, 3.8) is 0 Å². The fourth-order valence-corrected chi connectivity index (χ4v) is 2.01. The van der Waals surface area contributed by atoms with Crippen LogP contribution in [0.3, 0.4) is 0 Å². The summed E-state index contributed by atoms with van der Waals surface area (Å²) in [6.45, 7) is 2.11. The normalized spacial score (nSPS) is 12.2. The molecule has 1 heterocycles. The number of aromatic carboxylic acids is 1. The number of carboxylic acid groups (broad SMARTS) is 1. The highest BCUT2D eigenvalue weighted by Crippen LogP contribution is 2.14.